The fraction of sp³-hybridized carbons (Fsp3) is 0.429. The summed E-state index contributed by atoms with van der Waals surface area (Å²) in [5, 5.41) is 10.1. The van der Waals surface area contributed by atoms with E-state index in [2.05, 4.69) is 23.8 Å². The summed E-state index contributed by atoms with van der Waals surface area (Å²) in [4.78, 5) is 8.46. The summed E-state index contributed by atoms with van der Waals surface area (Å²) in [6, 6.07) is 5.77. The van der Waals surface area contributed by atoms with Gasteiger partial charge < -0.3 is 5.11 Å². The Morgan fingerprint density at radius 1 is 1.18 bits per heavy atom. The van der Waals surface area contributed by atoms with Crippen LogP contribution in [0.2, 0.25) is 0 Å². The molecule has 0 amide bonds. The van der Waals surface area contributed by atoms with E-state index >= 15 is 0 Å². The molecule has 17 heavy (non-hydrogen) atoms. The van der Waals surface area contributed by atoms with Crippen LogP contribution < -0.4 is 0 Å². The van der Waals surface area contributed by atoms with Gasteiger partial charge in [0.1, 0.15) is 0 Å². The van der Waals surface area contributed by atoms with Crippen LogP contribution in [0.4, 0.5) is 0 Å². The molecule has 3 heteroatoms. The lowest BCUT2D eigenvalue weighted by atomic mass is 9.96. The molecule has 0 fully saturated rings. The van der Waals surface area contributed by atoms with Crippen molar-refractivity contribution in [2.75, 3.05) is 0 Å². The molecule has 3 nitrogen and oxygen atoms in total. The highest BCUT2D eigenvalue weighted by atomic mass is 16.3. The van der Waals surface area contributed by atoms with Crippen molar-refractivity contribution in [3.63, 3.8) is 0 Å². The Bertz CT molecular complexity index is 498. The highest BCUT2D eigenvalue weighted by Crippen LogP contribution is 2.24. The molecule has 2 unspecified atom stereocenters. The molecule has 1 N–H and O–H groups in total. The number of aliphatic hydroxyl groups is 1. The third kappa shape index (κ3) is 2.80. The number of rotatable bonds is 4. The number of fused-ring (bicyclic) bond motifs is 1. The first-order valence-electron chi connectivity index (χ1n) is 6.09. The Labute approximate surface area is 102 Å². The fourth-order valence-corrected chi connectivity index (χ4v) is 1.87. The van der Waals surface area contributed by atoms with Gasteiger partial charge in [0.2, 0.25) is 0 Å². The van der Waals surface area contributed by atoms with Gasteiger partial charge >= 0.3 is 0 Å². The number of benzene rings is 1. The highest BCUT2D eigenvalue weighted by Gasteiger charge is 2.12. The molecule has 1 aromatic heterocycles. The number of hydrogen-bond acceptors (Lipinski definition) is 3. The number of nitrogens with zero attached hydrogens (tertiary/aromatic N) is 2. The first-order valence-corrected chi connectivity index (χ1v) is 6.09. The molecule has 0 spiro atoms. The lowest BCUT2D eigenvalue weighted by Crippen LogP contribution is -2.03. The quantitative estimate of drug-likeness (QED) is 0.877. The summed E-state index contributed by atoms with van der Waals surface area (Å²) in [5.41, 5.74) is 2.64. The van der Waals surface area contributed by atoms with Crippen LogP contribution in [0, 0.1) is 5.92 Å². The molecular formula is C14H18N2O. The van der Waals surface area contributed by atoms with Gasteiger partial charge in [-0.3, -0.25) is 9.97 Å². The van der Waals surface area contributed by atoms with E-state index in [1.165, 1.54) is 0 Å². The number of aliphatic hydroxyl groups excluding tert-OH is 1. The number of hydrogen-bond donors (Lipinski definition) is 1. The second-order valence-electron chi connectivity index (χ2n) is 4.57. The van der Waals surface area contributed by atoms with Gasteiger partial charge in [0.05, 0.1) is 17.1 Å². The predicted octanol–water partition coefficient (Wildman–Crippen LogP) is 3.10. The maximum Gasteiger partial charge on any atom is 0.0890 e. The fourth-order valence-electron chi connectivity index (χ4n) is 1.87. The zero-order chi connectivity index (χ0) is 12.3. The van der Waals surface area contributed by atoms with Crippen LogP contribution in [0.5, 0.6) is 0 Å². The van der Waals surface area contributed by atoms with Gasteiger partial charge in [-0.2, -0.15) is 0 Å². The Morgan fingerprint density at radius 2 is 1.88 bits per heavy atom. The third-order valence-electron chi connectivity index (χ3n) is 3.20. The molecule has 0 saturated heterocycles. The van der Waals surface area contributed by atoms with E-state index in [4.69, 9.17) is 0 Å². The minimum absolute atomic E-state index is 0.406. The predicted molar refractivity (Wildman–Crippen MR) is 68.6 cm³/mol. The van der Waals surface area contributed by atoms with Crippen LogP contribution in [-0.4, -0.2) is 15.1 Å². The smallest absolute Gasteiger partial charge is 0.0890 e. The van der Waals surface area contributed by atoms with Crippen LogP contribution in [0.15, 0.2) is 30.6 Å². The number of aromatic nitrogens is 2. The molecule has 1 heterocycles. The minimum atomic E-state index is -0.406. The van der Waals surface area contributed by atoms with Crippen molar-refractivity contribution in [2.24, 2.45) is 5.92 Å². The Hall–Kier alpha value is -1.48. The van der Waals surface area contributed by atoms with Gasteiger partial charge in [-0.25, -0.2) is 0 Å². The van der Waals surface area contributed by atoms with Gasteiger partial charge in [0.25, 0.3) is 0 Å². The van der Waals surface area contributed by atoms with E-state index < -0.39 is 6.10 Å². The maximum atomic E-state index is 10.1. The third-order valence-corrected chi connectivity index (χ3v) is 3.20. The van der Waals surface area contributed by atoms with Crippen molar-refractivity contribution in [3.05, 3.63) is 36.2 Å². The van der Waals surface area contributed by atoms with Crippen LogP contribution >= 0.6 is 0 Å². The van der Waals surface area contributed by atoms with E-state index in [1.54, 1.807) is 12.4 Å². The summed E-state index contributed by atoms with van der Waals surface area (Å²) in [5.74, 6) is 0.530. The molecule has 2 atom stereocenters. The van der Waals surface area contributed by atoms with Gasteiger partial charge in [0, 0.05) is 12.4 Å². The van der Waals surface area contributed by atoms with Crippen LogP contribution in [0.1, 0.15) is 38.4 Å². The van der Waals surface area contributed by atoms with Gasteiger partial charge in [-0.1, -0.05) is 26.3 Å². The highest BCUT2D eigenvalue weighted by molar-refractivity contribution is 5.74. The maximum absolute atomic E-state index is 10.1. The standard InChI is InChI=1S/C14H18N2O/c1-3-10(2)8-14(17)11-4-5-12-13(9-11)16-7-6-15-12/h4-7,9-10,14,17H,3,8H2,1-2H3. The van der Waals surface area contributed by atoms with Crippen molar-refractivity contribution in [2.45, 2.75) is 32.8 Å². The first-order chi connectivity index (χ1) is 8.20. The van der Waals surface area contributed by atoms with Crippen LogP contribution in [0.25, 0.3) is 11.0 Å². The minimum Gasteiger partial charge on any atom is -0.388 e. The molecule has 2 aromatic rings. The zero-order valence-electron chi connectivity index (χ0n) is 10.3. The van der Waals surface area contributed by atoms with Crippen molar-refractivity contribution < 1.29 is 5.11 Å². The van der Waals surface area contributed by atoms with Gasteiger partial charge in [0.15, 0.2) is 0 Å². The van der Waals surface area contributed by atoms with E-state index in [0.717, 1.165) is 29.4 Å². The Kier molecular flexibility index (Phi) is 3.69. The van der Waals surface area contributed by atoms with Crippen molar-refractivity contribution >= 4 is 11.0 Å². The average molecular weight is 230 g/mol. The van der Waals surface area contributed by atoms with Crippen molar-refractivity contribution in [1.82, 2.24) is 9.97 Å². The van der Waals surface area contributed by atoms with Gasteiger partial charge in [-0.15, -0.1) is 0 Å². The molecule has 0 saturated carbocycles. The molecule has 90 valence electrons. The van der Waals surface area contributed by atoms with E-state index in [-0.39, 0.29) is 0 Å². The van der Waals surface area contributed by atoms with Crippen LogP contribution in [-0.2, 0) is 0 Å². The van der Waals surface area contributed by atoms with E-state index in [0.29, 0.717) is 5.92 Å². The van der Waals surface area contributed by atoms with Crippen molar-refractivity contribution in [1.29, 1.82) is 0 Å². The Balaban J connectivity index is 2.23. The summed E-state index contributed by atoms with van der Waals surface area (Å²) in [7, 11) is 0. The molecule has 1 aromatic carbocycles. The summed E-state index contributed by atoms with van der Waals surface area (Å²) in [6.45, 7) is 4.30. The molecular weight excluding hydrogens is 212 g/mol. The van der Waals surface area contributed by atoms with Crippen molar-refractivity contribution in [3.8, 4) is 0 Å². The largest absolute Gasteiger partial charge is 0.388 e. The summed E-state index contributed by atoms with van der Waals surface area (Å²) < 4.78 is 0. The van der Waals surface area contributed by atoms with E-state index in [9.17, 15) is 5.11 Å². The second kappa shape index (κ2) is 5.23. The molecule has 2 rings (SSSR count). The lowest BCUT2D eigenvalue weighted by molar-refractivity contribution is 0.146. The average Bonchev–Trinajstić information content (AvgIpc) is 2.38. The molecule has 0 aliphatic rings. The molecule has 0 aliphatic heterocycles. The zero-order valence-corrected chi connectivity index (χ0v) is 10.3. The van der Waals surface area contributed by atoms with Gasteiger partial charge in [-0.05, 0) is 30.0 Å². The molecule has 0 aliphatic carbocycles. The second-order valence-corrected chi connectivity index (χ2v) is 4.57. The van der Waals surface area contributed by atoms with E-state index in [1.807, 2.05) is 18.2 Å². The van der Waals surface area contributed by atoms with Crippen LogP contribution in [0.3, 0.4) is 0 Å². The summed E-state index contributed by atoms with van der Waals surface area (Å²) >= 11 is 0. The Morgan fingerprint density at radius 3 is 2.59 bits per heavy atom. The monoisotopic (exact) mass is 230 g/mol. The normalized spacial score (nSPS) is 14.8. The lowest BCUT2D eigenvalue weighted by Gasteiger charge is -2.15. The molecule has 0 radical (unpaired) electrons. The topological polar surface area (TPSA) is 46.0 Å². The first kappa shape index (κ1) is 12.0. The SMILES string of the molecule is CCC(C)CC(O)c1ccc2nccnc2c1. The summed E-state index contributed by atoms with van der Waals surface area (Å²) in [6.07, 6.45) is 4.83. The molecule has 0 bridgehead atoms.